The van der Waals surface area contributed by atoms with Gasteiger partial charge in [0.2, 0.25) is 0 Å². The van der Waals surface area contributed by atoms with Crippen LogP contribution >= 0.6 is 0 Å². The second-order valence-corrected chi connectivity index (χ2v) is 4.36. The van der Waals surface area contributed by atoms with Crippen LogP contribution in [0.4, 0.5) is 4.79 Å². The summed E-state index contributed by atoms with van der Waals surface area (Å²) in [5, 5.41) is 12.4. The molecule has 0 radical (unpaired) electrons. The number of nitrogens with zero attached hydrogens (tertiary/aromatic N) is 3. The fourth-order valence-corrected chi connectivity index (χ4v) is 2.13. The first-order valence-electron chi connectivity index (χ1n) is 5.85. The number of aromatic nitrogens is 3. The van der Waals surface area contributed by atoms with Gasteiger partial charge < -0.3 is 16.0 Å². The number of carbonyl (C=O) groups excluding carboxylic acids is 2. The number of hydrogen-bond donors (Lipinski definition) is 3. The maximum Gasteiger partial charge on any atom is 0.312 e. The van der Waals surface area contributed by atoms with Crippen molar-refractivity contribution in [3.63, 3.8) is 0 Å². The lowest BCUT2D eigenvalue weighted by Gasteiger charge is -2.32. The van der Waals surface area contributed by atoms with Crippen molar-refractivity contribution in [2.45, 2.75) is 12.8 Å². The number of hydrogen-bond acceptors (Lipinski definition) is 4. The van der Waals surface area contributed by atoms with Crippen LogP contribution in [0.3, 0.4) is 0 Å². The monoisotopic (exact) mass is 252 g/mol. The number of primary amides is 1. The summed E-state index contributed by atoms with van der Waals surface area (Å²) in [6, 6.07) is -0.532. The molecular formula is C10H16N6O2. The third kappa shape index (κ3) is 2.96. The van der Waals surface area contributed by atoms with Gasteiger partial charge in [0.05, 0.1) is 6.20 Å². The lowest BCUT2D eigenvalue weighted by atomic mass is 9.98. The molecule has 0 saturated carbocycles. The summed E-state index contributed by atoms with van der Waals surface area (Å²) in [6.07, 6.45) is 3.30. The molecular weight excluding hydrogens is 236 g/mol. The Labute approximate surface area is 104 Å². The van der Waals surface area contributed by atoms with Crippen LogP contribution in [0.1, 0.15) is 23.3 Å². The summed E-state index contributed by atoms with van der Waals surface area (Å²) in [7, 11) is 0. The van der Waals surface area contributed by atoms with Gasteiger partial charge in [0.1, 0.15) is 0 Å². The molecule has 1 aromatic rings. The van der Waals surface area contributed by atoms with Gasteiger partial charge in [0, 0.05) is 19.6 Å². The second-order valence-electron chi connectivity index (χ2n) is 4.36. The predicted octanol–water partition coefficient (Wildman–Crippen LogP) is -0.675. The molecule has 1 aliphatic rings. The molecule has 1 unspecified atom stereocenters. The van der Waals surface area contributed by atoms with Gasteiger partial charge in [0.25, 0.3) is 5.91 Å². The minimum atomic E-state index is -0.532. The van der Waals surface area contributed by atoms with Crippen LogP contribution in [0, 0.1) is 5.92 Å². The van der Waals surface area contributed by atoms with E-state index in [1.807, 2.05) is 0 Å². The van der Waals surface area contributed by atoms with Crippen LogP contribution in [0.25, 0.3) is 0 Å². The maximum absolute atomic E-state index is 12.0. The summed E-state index contributed by atoms with van der Waals surface area (Å²) < 4.78 is 0. The summed E-state index contributed by atoms with van der Waals surface area (Å²) >= 11 is 0. The third-order valence-electron chi connectivity index (χ3n) is 3.01. The molecule has 1 aromatic heterocycles. The van der Waals surface area contributed by atoms with Crippen molar-refractivity contribution < 1.29 is 9.59 Å². The van der Waals surface area contributed by atoms with Crippen LogP contribution in [0.5, 0.6) is 0 Å². The van der Waals surface area contributed by atoms with Crippen molar-refractivity contribution >= 4 is 11.9 Å². The van der Waals surface area contributed by atoms with Gasteiger partial charge in [-0.2, -0.15) is 15.4 Å². The summed E-state index contributed by atoms with van der Waals surface area (Å²) in [5.41, 5.74) is 5.35. The Morgan fingerprint density at radius 1 is 1.61 bits per heavy atom. The normalized spacial score (nSPS) is 19.6. The average Bonchev–Trinajstić information content (AvgIpc) is 2.89. The van der Waals surface area contributed by atoms with E-state index in [1.165, 1.54) is 6.20 Å². The van der Waals surface area contributed by atoms with Gasteiger partial charge >= 0.3 is 6.03 Å². The van der Waals surface area contributed by atoms with Crippen LogP contribution in [0.15, 0.2) is 6.20 Å². The number of nitrogens with one attached hydrogen (secondary N) is 2. The first kappa shape index (κ1) is 12.3. The zero-order valence-corrected chi connectivity index (χ0v) is 9.93. The smallest absolute Gasteiger partial charge is 0.312 e. The van der Waals surface area contributed by atoms with Gasteiger partial charge in [-0.05, 0) is 18.8 Å². The highest BCUT2D eigenvalue weighted by Crippen LogP contribution is 2.17. The SMILES string of the molecule is NC(=O)NCC1CCCN(C(=O)c2cn[nH]n2)C1. The fourth-order valence-electron chi connectivity index (χ4n) is 2.13. The number of rotatable bonds is 3. The molecule has 1 fully saturated rings. The van der Waals surface area contributed by atoms with Crippen LogP contribution in [-0.4, -0.2) is 51.9 Å². The molecule has 4 N–H and O–H groups in total. The molecule has 0 aromatic carbocycles. The quantitative estimate of drug-likeness (QED) is 0.661. The molecule has 1 aliphatic heterocycles. The molecule has 2 heterocycles. The number of amides is 3. The van der Waals surface area contributed by atoms with Crippen molar-refractivity contribution in [1.82, 2.24) is 25.6 Å². The Bertz CT molecular complexity index is 418. The number of piperidine rings is 1. The number of urea groups is 1. The molecule has 0 spiro atoms. The zero-order chi connectivity index (χ0) is 13.0. The van der Waals surface area contributed by atoms with E-state index in [-0.39, 0.29) is 11.8 Å². The van der Waals surface area contributed by atoms with E-state index in [1.54, 1.807) is 4.90 Å². The van der Waals surface area contributed by atoms with E-state index in [0.717, 1.165) is 12.8 Å². The van der Waals surface area contributed by atoms with Gasteiger partial charge in [-0.1, -0.05) is 0 Å². The highest BCUT2D eigenvalue weighted by Gasteiger charge is 2.25. The molecule has 3 amide bonds. The van der Waals surface area contributed by atoms with E-state index in [9.17, 15) is 9.59 Å². The summed E-state index contributed by atoms with van der Waals surface area (Å²) in [5.74, 6) is 0.106. The first-order chi connectivity index (χ1) is 8.66. The molecule has 8 heteroatoms. The van der Waals surface area contributed by atoms with E-state index in [4.69, 9.17) is 5.73 Å². The van der Waals surface area contributed by atoms with Gasteiger partial charge in [-0.25, -0.2) is 4.79 Å². The topological polar surface area (TPSA) is 117 Å². The Kier molecular flexibility index (Phi) is 3.75. The number of carbonyl (C=O) groups is 2. The van der Waals surface area contributed by atoms with Gasteiger partial charge in [-0.15, -0.1) is 0 Å². The van der Waals surface area contributed by atoms with Crippen LogP contribution < -0.4 is 11.1 Å². The summed E-state index contributed by atoms with van der Waals surface area (Å²) in [6.45, 7) is 1.81. The molecule has 8 nitrogen and oxygen atoms in total. The van der Waals surface area contributed by atoms with Gasteiger partial charge in [-0.3, -0.25) is 4.79 Å². The third-order valence-corrected chi connectivity index (χ3v) is 3.01. The molecule has 1 saturated heterocycles. The minimum absolute atomic E-state index is 0.132. The van der Waals surface area contributed by atoms with Crippen LogP contribution in [0.2, 0.25) is 0 Å². The Balaban J connectivity index is 1.90. The predicted molar refractivity (Wildman–Crippen MR) is 62.6 cm³/mol. The standard InChI is InChI=1S/C10H16N6O2/c11-10(18)12-4-7-2-1-3-16(6-7)9(17)8-5-13-15-14-8/h5,7H,1-4,6H2,(H3,11,12,18)(H,13,14,15). The maximum atomic E-state index is 12.0. The number of nitrogens with two attached hydrogens (primary N) is 1. The Morgan fingerprint density at radius 2 is 2.44 bits per heavy atom. The molecule has 98 valence electrons. The van der Waals surface area contributed by atoms with E-state index >= 15 is 0 Å². The molecule has 2 rings (SSSR count). The van der Waals surface area contributed by atoms with Crippen molar-refractivity contribution in [3.8, 4) is 0 Å². The van der Waals surface area contributed by atoms with Crippen LogP contribution in [-0.2, 0) is 0 Å². The van der Waals surface area contributed by atoms with Gasteiger partial charge in [0.15, 0.2) is 5.69 Å². The van der Waals surface area contributed by atoms with Crippen molar-refractivity contribution in [3.05, 3.63) is 11.9 Å². The zero-order valence-electron chi connectivity index (χ0n) is 9.93. The molecule has 18 heavy (non-hydrogen) atoms. The van der Waals surface area contributed by atoms with E-state index < -0.39 is 6.03 Å². The minimum Gasteiger partial charge on any atom is -0.352 e. The Hall–Kier alpha value is -2.12. The largest absolute Gasteiger partial charge is 0.352 e. The number of likely N-dealkylation sites (tertiary alicyclic amines) is 1. The van der Waals surface area contributed by atoms with Crippen molar-refractivity contribution in [2.75, 3.05) is 19.6 Å². The summed E-state index contributed by atoms with van der Waals surface area (Å²) in [4.78, 5) is 24.4. The fraction of sp³-hybridized carbons (Fsp3) is 0.600. The number of H-pyrrole nitrogens is 1. The van der Waals surface area contributed by atoms with Crippen molar-refractivity contribution in [2.24, 2.45) is 11.7 Å². The highest BCUT2D eigenvalue weighted by atomic mass is 16.2. The highest BCUT2D eigenvalue weighted by molar-refractivity contribution is 5.91. The van der Waals surface area contributed by atoms with E-state index in [0.29, 0.717) is 25.3 Å². The lowest BCUT2D eigenvalue weighted by molar-refractivity contribution is 0.0669. The Morgan fingerprint density at radius 3 is 3.11 bits per heavy atom. The molecule has 0 aliphatic carbocycles. The second kappa shape index (κ2) is 5.48. The average molecular weight is 252 g/mol. The first-order valence-corrected chi connectivity index (χ1v) is 5.85. The number of aromatic amines is 1. The van der Waals surface area contributed by atoms with Crippen molar-refractivity contribution in [1.29, 1.82) is 0 Å². The molecule has 1 atom stereocenters. The lowest BCUT2D eigenvalue weighted by Crippen LogP contribution is -2.44. The molecule has 0 bridgehead atoms. The van der Waals surface area contributed by atoms with E-state index in [2.05, 4.69) is 20.7 Å².